The summed E-state index contributed by atoms with van der Waals surface area (Å²) in [5.41, 5.74) is 7.82. The Morgan fingerprint density at radius 3 is 2.78 bits per heavy atom. The predicted molar refractivity (Wildman–Crippen MR) is 71.7 cm³/mol. The molecule has 1 aliphatic heterocycles. The number of primary amides is 1. The molecule has 2 aliphatic rings. The number of hydrogen-bond donors (Lipinski definition) is 1. The molecule has 3 heteroatoms. The maximum Gasteiger partial charge on any atom is 0.319 e. The van der Waals surface area contributed by atoms with Crippen LogP contribution in [0.1, 0.15) is 17.0 Å². The Kier molecular flexibility index (Phi) is 2.52. The molecule has 0 aromatic heterocycles. The van der Waals surface area contributed by atoms with Crippen LogP contribution in [0.3, 0.4) is 0 Å². The van der Waals surface area contributed by atoms with Crippen LogP contribution in [-0.2, 0) is 0 Å². The molecule has 0 fully saturated rings. The number of nitrogens with zero attached hydrogens (tertiary/aromatic N) is 1. The van der Waals surface area contributed by atoms with Crippen LogP contribution in [0.25, 0.3) is 6.08 Å². The quantitative estimate of drug-likeness (QED) is 0.742. The summed E-state index contributed by atoms with van der Waals surface area (Å²) in [5.74, 6) is 0.161. The Morgan fingerprint density at radius 2 is 1.94 bits per heavy atom. The van der Waals surface area contributed by atoms with Crippen molar-refractivity contribution in [2.45, 2.75) is 12.0 Å². The largest absolute Gasteiger partial charge is 0.351 e. The van der Waals surface area contributed by atoms with Crippen LogP contribution in [0, 0.1) is 0 Å². The molecule has 0 saturated heterocycles. The molecule has 2 amide bonds. The molecular weight excluding hydrogens is 224 g/mol. The van der Waals surface area contributed by atoms with Gasteiger partial charge in [0, 0.05) is 12.1 Å². The lowest BCUT2D eigenvalue weighted by Gasteiger charge is -2.30. The van der Waals surface area contributed by atoms with Gasteiger partial charge in [-0.25, -0.2) is 4.79 Å². The first-order chi connectivity index (χ1) is 8.77. The Bertz CT molecular complexity index is 572. The fourth-order valence-corrected chi connectivity index (χ4v) is 2.60. The molecule has 1 aromatic rings. The molecule has 3 rings (SSSR count). The van der Waals surface area contributed by atoms with Gasteiger partial charge in [-0.3, -0.25) is 4.90 Å². The molecule has 1 aliphatic carbocycles. The van der Waals surface area contributed by atoms with Gasteiger partial charge in [-0.2, -0.15) is 0 Å². The van der Waals surface area contributed by atoms with Gasteiger partial charge in [-0.05, 0) is 17.2 Å². The average molecular weight is 238 g/mol. The third kappa shape index (κ3) is 1.64. The van der Waals surface area contributed by atoms with Gasteiger partial charge in [-0.1, -0.05) is 48.6 Å². The standard InChI is InChI=1S/C15H14N2O/c16-15(18)17-10-9-11-5-1-2-6-12(11)13-7-3-4-8-14(13)17/h1-10,13-14H,(H2,16,18). The number of carbonyl (C=O) groups excluding carboxylic acids is 1. The highest BCUT2D eigenvalue weighted by Crippen LogP contribution is 2.34. The Labute approximate surface area is 106 Å². The molecule has 2 N–H and O–H groups in total. The molecule has 3 nitrogen and oxygen atoms in total. The van der Waals surface area contributed by atoms with Gasteiger partial charge in [0.25, 0.3) is 0 Å². The Balaban J connectivity index is 2.14. The van der Waals surface area contributed by atoms with Crippen molar-refractivity contribution >= 4 is 12.1 Å². The highest BCUT2D eigenvalue weighted by atomic mass is 16.2. The summed E-state index contributed by atoms with van der Waals surface area (Å²) in [5, 5.41) is 0. The number of amides is 2. The minimum atomic E-state index is -0.422. The molecule has 2 unspecified atom stereocenters. The van der Waals surface area contributed by atoms with Crippen molar-refractivity contribution in [3.05, 3.63) is 65.9 Å². The van der Waals surface area contributed by atoms with Crippen molar-refractivity contribution < 1.29 is 4.79 Å². The second kappa shape index (κ2) is 4.18. The van der Waals surface area contributed by atoms with E-state index in [0.717, 1.165) is 5.56 Å². The summed E-state index contributed by atoms with van der Waals surface area (Å²) >= 11 is 0. The maximum atomic E-state index is 11.6. The van der Waals surface area contributed by atoms with E-state index in [1.807, 2.05) is 36.4 Å². The number of hydrogen-bond acceptors (Lipinski definition) is 1. The van der Waals surface area contributed by atoms with Crippen molar-refractivity contribution in [2.24, 2.45) is 5.73 Å². The van der Waals surface area contributed by atoms with Gasteiger partial charge in [0.05, 0.1) is 6.04 Å². The lowest BCUT2D eigenvalue weighted by Crippen LogP contribution is -2.41. The fraction of sp³-hybridized carbons (Fsp3) is 0.133. The van der Waals surface area contributed by atoms with Crippen LogP contribution in [0.5, 0.6) is 0 Å². The van der Waals surface area contributed by atoms with E-state index in [9.17, 15) is 4.79 Å². The van der Waals surface area contributed by atoms with Crippen LogP contribution in [0.4, 0.5) is 4.79 Å². The van der Waals surface area contributed by atoms with Crippen LogP contribution >= 0.6 is 0 Å². The van der Waals surface area contributed by atoms with Crippen molar-refractivity contribution in [1.82, 2.24) is 4.90 Å². The Hall–Kier alpha value is -2.29. The molecule has 90 valence electrons. The number of allylic oxidation sites excluding steroid dienone is 2. The number of carbonyl (C=O) groups is 1. The normalized spacial score (nSPS) is 24.3. The van der Waals surface area contributed by atoms with Gasteiger partial charge < -0.3 is 5.73 Å². The fourth-order valence-electron chi connectivity index (χ4n) is 2.60. The van der Waals surface area contributed by atoms with E-state index in [1.54, 1.807) is 11.1 Å². The van der Waals surface area contributed by atoms with Crippen molar-refractivity contribution in [3.63, 3.8) is 0 Å². The van der Waals surface area contributed by atoms with E-state index >= 15 is 0 Å². The molecule has 0 radical (unpaired) electrons. The smallest absolute Gasteiger partial charge is 0.319 e. The van der Waals surface area contributed by atoms with Gasteiger partial charge in [0.2, 0.25) is 0 Å². The van der Waals surface area contributed by atoms with E-state index in [-0.39, 0.29) is 12.0 Å². The van der Waals surface area contributed by atoms with Crippen LogP contribution < -0.4 is 5.73 Å². The zero-order valence-electron chi connectivity index (χ0n) is 9.86. The summed E-state index contributed by atoms with van der Waals surface area (Å²) in [4.78, 5) is 13.1. The highest BCUT2D eigenvalue weighted by Gasteiger charge is 2.30. The maximum absolute atomic E-state index is 11.6. The van der Waals surface area contributed by atoms with Crippen molar-refractivity contribution in [1.29, 1.82) is 0 Å². The van der Waals surface area contributed by atoms with E-state index in [0.29, 0.717) is 0 Å². The molecule has 0 spiro atoms. The third-order valence-corrected chi connectivity index (χ3v) is 3.45. The number of urea groups is 1. The van der Waals surface area contributed by atoms with Crippen molar-refractivity contribution in [3.8, 4) is 0 Å². The van der Waals surface area contributed by atoms with Crippen LogP contribution in [0.15, 0.2) is 54.8 Å². The minimum absolute atomic E-state index is 0.0348. The summed E-state index contributed by atoms with van der Waals surface area (Å²) in [6.45, 7) is 0. The first-order valence-corrected chi connectivity index (χ1v) is 5.97. The van der Waals surface area contributed by atoms with Crippen LogP contribution in [0.2, 0.25) is 0 Å². The molecule has 18 heavy (non-hydrogen) atoms. The van der Waals surface area contributed by atoms with Crippen LogP contribution in [-0.4, -0.2) is 17.0 Å². The van der Waals surface area contributed by atoms with E-state index in [2.05, 4.69) is 18.2 Å². The molecule has 2 atom stereocenters. The first-order valence-electron chi connectivity index (χ1n) is 5.97. The second-order valence-electron chi connectivity index (χ2n) is 4.48. The number of nitrogens with two attached hydrogens (primary N) is 1. The topological polar surface area (TPSA) is 46.3 Å². The molecular formula is C15H14N2O. The van der Waals surface area contributed by atoms with Gasteiger partial charge >= 0.3 is 6.03 Å². The molecule has 0 bridgehead atoms. The highest BCUT2D eigenvalue weighted by molar-refractivity contribution is 5.76. The zero-order valence-corrected chi connectivity index (χ0v) is 9.86. The van der Waals surface area contributed by atoms with Gasteiger partial charge in [0.15, 0.2) is 0 Å². The van der Waals surface area contributed by atoms with E-state index in [4.69, 9.17) is 5.73 Å². The van der Waals surface area contributed by atoms with E-state index < -0.39 is 6.03 Å². The average Bonchev–Trinajstić information content (AvgIpc) is 2.56. The monoisotopic (exact) mass is 238 g/mol. The summed E-state index contributed by atoms with van der Waals surface area (Å²) < 4.78 is 0. The second-order valence-corrected chi connectivity index (χ2v) is 4.48. The number of fused-ring (bicyclic) bond motifs is 3. The molecule has 1 aromatic carbocycles. The first kappa shape index (κ1) is 10.8. The number of benzene rings is 1. The molecule has 0 saturated carbocycles. The predicted octanol–water partition coefficient (Wildman–Crippen LogP) is 2.63. The summed E-state index contributed by atoms with van der Waals surface area (Å²) in [6.07, 6.45) is 11.8. The third-order valence-electron chi connectivity index (χ3n) is 3.45. The van der Waals surface area contributed by atoms with Gasteiger partial charge in [-0.15, -0.1) is 0 Å². The van der Waals surface area contributed by atoms with Crippen molar-refractivity contribution in [2.75, 3.05) is 0 Å². The SMILES string of the molecule is NC(=O)N1C=Cc2ccccc2C2C=CC=CC21. The lowest BCUT2D eigenvalue weighted by atomic mass is 9.86. The van der Waals surface area contributed by atoms with E-state index in [1.165, 1.54) is 5.56 Å². The minimum Gasteiger partial charge on any atom is -0.351 e. The number of rotatable bonds is 0. The zero-order chi connectivity index (χ0) is 12.5. The lowest BCUT2D eigenvalue weighted by molar-refractivity contribution is 0.214. The Morgan fingerprint density at radius 1 is 1.17 bits per heavy atom. The molecule has 1 heterocycles. The summed E-state index contributed by atoms with van der Waals surface area (Å²) in [7, 11) is 0. The van der Waals surface area contributed by atoms with Gasteiger partial charge in [0.1, 0.15) is 0 Å². The summed E-state index contributed by atoms with van der Waals surface area (Å²) in [6, 6.07) is 7.72.